The molecule has 1 unspecified atom stereocenters. The molecule has 0 radical (unpaired) electrons. The summed E-state index contributed by atoms with van der Waals surface area (Å²) in [6, 6.07) is 8.13. The van der Waals surface area contributed by atoms with Crippen molar-refractivity contribution in [2.75, 3.05) is 0 Å². The van der Waals surface area contributed by atoms with Crippen LogP contribution in [0.2, 0.25) is 0 Å². The summed E-state index contributed by atoms with van der Waals surface area (Å²) in [5, 5.41) is 9.80. The Kier molecular flexibility index (Phi) is 5.83. The summed E-state index contributed by atoms with van der Waals surface area (Å²) in [4.78, 5) is 0. The van der Waals surface area contributed by atoms with E-state index in [4.69, 9.17) is 0 Å². The third kappa shape index (κ3) is 5.25. The third-order valence-electron chi connectivity index (χ3n) is 4.49. The maximum atomic E-state index is 16.5. The maximum Gasteiger partial charge on any atom is 0.573 e. The van der Waals surface area contributed by atoms with Crippen molar-refractivity contribution in [1.82, 2.24) is 15.4 Å². The summed E-state index contributed by atoms with van der Waals surface area (Å²) in [7, 11) is 0. The van der Waals surface area contributed by atoms with Gasteiger partial charge in [0.05, 0.1) is 11.9 Å². The Bertz CT molecular complexity index is 926. The van der Waals surface area contributed by atoms with Crippen LogP contribution < -0.4 is 9.47 Å². The zero-order valence-electron chi connectivity index (χ0n) is 15.6. The summed E-state index contributed by atoms with van der Waals surface area (Å²) in [5.41, 5.74) is -2.33. The molecule has 0 amide bonds. The molecule has 12 heteroatoms. The number of hydrogen-bond acceptors (Lipinski definition) is 4. The Labute approximate surface area is 170 Å². The second-order valence-electron chi connectivity index (χ2n) is 6.47. The van der Waals surface area contributed by atoms with Crippen LogP contribution in [0, 0.1) is 0 Å². The molecule has 0 spiro atoms. The lowest BCUT2D eigenvalue weighted by atomic mass is 9.77. The summed E-state index contributed by atoms with van der Waals surface area (Å²) in [6.07, 6.45) is -8.57. The molecule has 0 saturated carbocycles. The van der Waals surface area contributed by atoms with E-state index in [0.29, 0.717) is 0 Å². The van der Waals surface area contributed by atoms with Gasteiger partial charge in [0, 0.05) is 5.92 Å². The van der Waals surface area contributed by atoms with E-state index < -0.39 is 35.8 Å². The minimum absolute atomic E-state index is 0.0676. The monoisotopic (exact) mass is 449 g/mol. The van der Waals surface area contributed by atoms with Crippen LogP contribution in [0.5, 0.6) is 11.5 Å². The van der Waals surface area contributed by atoms with Crippen LogP contribution in [0.25, 0.3) is 0 Å². The number of halogens is 7. The fourth-order valence-electron chi connectivity index (χ4n) is 3.09. The van der Waals surface area contributed by atoms with Gasteiger partial charge in [-0.2, -0.15) is 15.4 Å². The van der Waals surface area contributed by atoms with Crippen molar-refractivity contribution in [1.29, 1.82) is 0 Å². The van der Waals surface area contributed by atoms with Crippen molar-refractivity contribution < 1.29 is 40.2 Å². The van der Waals surface area contributed by atoms with E-state index in [1.807, 2.05) is 0 Å². The van der Waals surface area contributed by atoms with E-state index in [2.05, 4.69) is 24.9 Å². The van der Waals surface area contributed by atoms with Gasteiger partial charge in [0.15, 0.2) is 5.67 Å². The Morgan fingerprint density at radius 3 is 1.48 bits per heavy atom. The van der Waals surface area contributed by atoms with Crippen molar-refractivity contribution >= 4 is 0 Å². The zero-order chi connectivity index (χ0) is 22.9. The van der Waals surface area contributed by atoms with Crippen molar-refractivity contribution in [3.8, 4) is 11.5 Å². The average molecular weight is 449 g/mol. The highest BCUT2D eigenvalue weighted by atomic mass is 19.4. The highest BCUT2D eigenvalue weighted by Crippen LogP contribution is 2.46. The Balaban J connectivity index is 2.02. The molecule has 1 aromatic heterocycles. The number of aromatic nitrogens is 3. The maximum absolute atomic E-state index is 16.5. The van der Waals surface area contributed by atoms with Crippen molar-refractivity contribution in [2.45, 2.75) is 31.2 Å². The van der Waals surface area contributed by atoms with Crippen LogP contribution in [0.15, 0.2) is 54.7 Å². The molecule has 0 aliphatic rings. The molecule has 0 saturated heterocycles. The third-order valence-corrected chi connectivity index (χ3v) is 4.49. The smallest absolute Gasteiger partial charge is 0.406 e. The fraction of sp³-hybridized carbons (Fsp3) is 0.263. The number of benzene rings is 2. The van der Waals surface area contributed by atoms with E-state index in [9.17, 15) is 26.3 Å². The fourth-order valence-corrected chi connectivity index (χ4v) is 3.09. The average Bonchev–Trinajstić information content (AvgIpc) is 3.20. The zero-order valence-corrected chi connectivity index (χ0v) is 15.6. The van der Waals surface area contributed by atoms with Crippen LogP contribution in [-0.2, 0) is 5.67 Å². The predicted octanol–water partition coefficient (Wildman–Crippen LogP) is 5.62. The van der Waals surface area contributed by atoms with Crippen LogP contribution in [0.4, 0.5) is 30.7 Å². The Morgan fingerprint density at radius 1 is 0.742 bits per heavy atom. The topological polar surface area (TPSA) is 60.0 Å². The van der Waals surface area contributed by atoms with Gasteiger partial charge in [-0.15, -0.1) is 26.3 Å². The summed E-state index contributed by atoms with van der Waals surface area (Å²) in [6.45, 7) is 1.46. The molecule has 31 heavy (non-hydrogen) atoms. The Hall–Kier alpha value is -3.31. The molecule has 3 rings (SSSR count). The number of nitrogens with one attached hydrogen (secondary N) is 1. The second kappa shape index (κ2) is 8.08. The summed E-state index contributed by atoms with van der Waals surface area (Å²) in [5.74, 6) is -2.13. The van der Waals surface area contributed by atoms with Crippen molar-refractivity contribution in [3.63, 3.8) is 0 Å². The number of ether oxygens (including phenoxy) is 2. The molecule has 5 nitrogen and oxygen atoms in total. The normalized spacial score (nSPS) is 13.7. The molecular weight excluding hydrogens is 435 g/mol. The number of rotatable bonds is 6. The standard InChI is InChI=1S/C19H14F7N3O2/c1-11(16-10-27-29-28-16)17(20,12-2-6-14(7-3-12)30-18(21,22)23)13-4-8-15(9-5-13)31-19(24,25)26/h2-11H,1H3,(H,27,28,29). The molecule has 3 aromatic rings. The first-order valence-electron chi connectivity index (χ1n) is 8.65. The largest absolute Gasteiger partial charge is 0.573 e. The molecule has 0 fully saturated rings. The lowest BCUT2D eigenvalue weighted by Crippen LogP contribution is -2.29. The van der Waals surface area contributed by atoms with Crippen molar-refractivity contribution in [3.05, 3.63) is 71.5 Å². The number of hydrogen-bond donors (Lipinski definition) is 1. The lowest BCUT2D eigenvalue weighted by molar-refractivity contribution is -0.275. The van der Waals surface area contributed by atoms with Crippen LogP contribution >= 0.6 is 0 Å². The summed E-state index contributed by atoms with van der Waals surface area (Å²) < 4.78 is 98.6. The minimum Gasteiger partial charge on any atom is -0.406 e. The first kappa shape index (κ1) is 22.4. The van der Waals surface area contributed by atoms with Crippen LogP contribution in [0.1, 0.15) is 29.7 Å². The molecule has 166 valence electrons. The number of H-pyrrole nitrogens is 1. The highest BCUT2D eigenvalue weighted by Gasteiger charge is 2.43. The van der Waals surface area contributed by atoms with E-state index in [1.165, 1.54) is 13.1 Å². The van der Waals surface area contributed by atoms with Gasteiger partial charge in [0.2, 0.25) is 0 Å². The number of aromatic amines is 1. The van der Waals surface area contributed by atoms with Gasteiger partial charge in [-0.05, 0) is 35.4 Å². The number of nitrogens with zero attached hydrogens (tertiary/aromatic N) is 2. The minimum atomic E-state index is -4.92. The van der Waals surface area contributed by atoms with E-state index >= 15 is 4.39 Å². The van der Waals surface area contributed by atoms with Gasteiger partial charge in [-0.3, -0.25) is 0 Å². The Morgan fingerprint density at radius 2 is 1.16 bits per heavy atom. The molecule has 2 aromatic carbocycles. The van der Waals surface area contributed by atoms with E-state index in [1.54, 1.807) is 0 Å². The second-order valence-corrected chi connectivity index (χ2v) is 6.47. The summed E-state index contributed by atoms with van der Waals surface area (Å²) >= 11 is 0. The van der Waals surface area contributed by atoms with Crippen LogP contribution in [-0.4, -0.2) is 28.1 Å². The van der Waals surface area contributed by atoms with Gasteiger partial charge in [0.1, 0.15) is 11.5 Å². The molecule has 1 heterocycles. The van der Waals surface area contributed by atoms with Gasteiger partial charge in [-0.1, -0.05) is 31.2 Å². The first-order chi connectivity index (χ1) is 14.4. The molecule has 1 N–H and O–H groups in total. The SMILES string of the molecule is CC(c1cn[nH]n1)C(F)(c1ccc(OC(F)(F)F)cc1)c1ccc(OC(F)(F)F)cc1. The van der Waals surface area contributed by atoms with Crippen LogP contribution in [0.3, 0.4) is 0 Å². The number of alkyl halides is 7. The highest BCUT2D eigenvalue weighted by molar-refractivity contribution is 5.44. The van der Waals surface area contributed by atoms with Crippen molar-refractivity contribution in [2.24, 2.45) is 0 Å². The first-order valence-corrected chi connectivity index (χ1v) is 8.65. The molecular formula is C19H14F7N3O2. The lowest BCUT2D eigenvalue weighted by Gasteiger charge is -2.32. The van der Waals surface area contributed by atoms with E-state index in [0.717, 1.165) is 48.5 Å². The predicted molar refractivity (Wildman–Crippen MR) is 92.9 cm³/mol. The molecule has 1 atom stereocenters. The van der Waals surface area contributed by atoms with Gasteiger partial charge in [-0.25, -0.2) is 4.39 Å². The van der Waals surface area contributed by atoms with Gasteiger partial charge in [0.25, 0.3) is 0 Å². The van der Waals surface area contributed by atoms with Gasteiger partial charge < -0.3 is 9.47 Å². The van der Waals surface area contributed by atoms with E-state index in [-0.39, 0.29) is 16.8 Å². The molecule has 0 aliphatic carbocycles. The quantitative estimate of drug-likeness (QED) is 0.497. The molecule has 0 aliphatic heterocycles. The molecule has 0 bridgehead atoms. The van der Waals surface area contributed by atoms with Gasteiger partial charge >= 0.3 is 12.7 Å².